The van der Waals surface area contributed by atoms with Crippen molar-refractivity contribution in [1.29, 1.82) is 0 Å². The number of thioether (sulfide) groups is 1. The van der Waals surface area contributed by atoms with Gasteiger partial charge in [-0.3, -0.25) is 11.3 Å². The van der Waals surface area contributed by atoms with Gasteiger partial charge in [0.15, 0.2) is 0 Å². The van der Waals surface area contributed by atoms with Gasteiger partial charge >= 0.3 is 0 Å². The minimum Gasteiger partial charge on any atom is -0.271 e. The number of nitrogens with two attached hydrogens (primary N) is 1. The summed E-state index contributed by atoms with van der Waals surface area (Å²) in [6.45, 7) is 1.98. The van der Waals surface area contributed by atoms with Crippen molar-refractivity contribution >= 4 is 11.8 Å². The molecule has 1 atom stereocenters. The van der Waals surface area contributed by atoms with E-state index in [-0.39, 0.29) is 11.9 Å². The Morgan fingerprint density at radius 1 is 1.44 bits per heavy atom. The summed E-state index contributed by atoms with van der Waals surface area (Å²) < 4.78 is 13.9. The van der Waals surface area contributed by atoms with Crippen LogP contribution >= 0.6 is 11.8 Å². The number of nitrogens with one attached hydrogen (secondary N) is 1. The van der Waals surface area contributed by atoms with Crippen molar-refractivity contribution in [2.75, 3.05) is 11.5 Å². The van der Waals surface area contributed by atoms with Gasteiger partial charge in [-0.2, -0.15) is 11.8 Å². The zero-order chi connectivity index (χ0) is 13.0. The van der Waals surface area contributed by atoms with Gasteiger partial charge in [0.2, 0.25) is 0 Å². The lowest BCUT2D eigenvalue weighted by Crippen LogP contribution is -2.31. The molecule has 0 radical (unpaired) electrons. The molecule has 2 nitrogen and oxygen atoms in total. The maximum absolute atomic E-state index is 13.9. The minimum atomic E-state index is -0.159. The van der Waals surface area contributed by atoms with E-state index in [2.05, 4.69) is 5.43 Å². The Labute approximate surface area is 112 Å². The predicted molar refractivity (Wildman–Crippen MR) is 75.9 cm³/mol. The summed E-state index contributed by atoms with van der Waals surface area (Å²) >= 11 is 2.01. The summed E-state index contributed by atoms with van der Waals surface area (Å²) in [6.07, 6.45) is 3.37. The first-order chi connectivity index (χ1) is 8.70. The molecule has 100 valence electrons. The molecular formula is C14H21FN2S. The van der Waals surface area contributed by atoms with E-state index in [1.807, 2.05) is 24.8 Å². The molecule has 1 saturated heterocycles. The van der Waals surface area contributed by atoms with Crippen molar-refractivity contribution in [1.82, 2.24) is 5.43 Å². The first-order valence-corrected chi connectivity index (χ1v) is 7.66. The van der Waals surface area contributed by atoms with Crippen molar-refractivity contribution in [3.05, 3.63) is 35.1 Å². The number of hydrogen-bond donors (Lipinski definition) is 2. The highest BCUT2D eigenvalue weighted by Gasteiger charge is 2.21. The van der Waals surface area contributed by atoms with Crippen LogP contribution in [0.4, 0.5) is 4.39 Å². The Kier molecular flexibility index (Phi) is 5.03. The third-order valence-corrected chi connectivity index (χ3v) is 4.69. The molecule has 1 aromatic rings. The summed E-state index contributed by atoms with van der Waals surface area (Å²) in [5, 5.41) is 0. The Morgan fingerprint density at radius 3 is 2.83 bits per heavy atom. The van der Waals surface area contributed by atoms with Crippen LogP contribution in [-0.2, 0) is 0 Å². The van der Waals surface area contributed by atoms with Gasteiger partial charge in [0, 0.05) is 11.6 Å². The molecule has 4 heteroatoms. The third kappa shape index (κ3) is 3.46. The predicted octanol–water partition coefficient (Wildman–Crippen LogP) is 3.17. The van der Waals surface area contributed by atoms with Crippen molar-refractivity contribution in [2.24, 2.45) is 11.8 Å². The van der Waals surface area contributed by atoms with Crippen LogP contribution < -0.4 is 11.3 Å². The molecule has 0 bridgehead atoms. The van der Waals surface area contributed by atoms with E-state index in [0.717, 1.165) is 12.0 Å². The van der Waals surface area contributed by atoms with E-state index < -0.39 is 0 Å². The van der Waals surface area contributed by atoms with E-state index in [4.69, 9.17) is 5.84 Å². The second-order valence-electron chi connectivity index (χ2n) is 5.04. The van der Waals surface area contributed by atoms with Crippen LogP contribution in [0.5, 0.6) is 0 Å². The molecule has 1 aromatic carbocycles. The van der Waals surface area contributed by atoms with Crippen LogP contribution in [0, 0.1) is 18.7 Å². The highest BCUT2D eigenvalue weighted by Crippen LogP contribution is 2.31. The topological polar surface area (TPSA) is 38.0 Å². The molecule has 1 aliphatic heterocycles. The fourth-order valence-electron chi connectivity index (χ4n) is 2.53. The molecule has 1 heterocycles. The maximum Gasteiger partial charge on any atom is 0.128 e. The first-order valence-electron chi connectivity index (χ1n) is 6.50. The number of aryl methyl sites for hydroxylation is 1. The zero-order valence-electron chi connectivity index (χ0n) is 10.8. The van der Waals surface area contributed by atoms with Gasteiger partial charge in [0.25, 0.3) is 0 Å². The Hall–Kier alpha value is -0.580. The molecule has 1 fully saturated rings. The second-order valence-corrected chi connectivity index (χ2v) is 6.26. The fourth-order valence-corrected chi connectivity index (χ4v) is 3.73. The van der Waals surface area contributed by atoms with Gasteiger partial charge in [-0.1, -0.05) is 17.7 Å². The normalized spacial score (nSPS) is 18.8. The lowest BCUT2D eigenvalue weighted by atomic mass is 9.90. The fraction of sp³-hybridized carbons (Fsp3) is 0.571. The summed E-state index contributed by atoms with van der Waals surface area (Å²) in [6, 6.07) is 5.16. The summed E-state index contributed by atoms with van der Waals surface area (Å²) in [5.41, 5.74) is 4.57. The molecule has 1 unspecified atom stereocenters. The SMILES string of the molecule is Cc1ccc(F)c(C(CC2CCSCC2)NN)c1. The summed E-state index contributed by atoms with van der Waals surface area (Å²) in [5.74, 6) is 8.56. The van der Waals surface area contributed by atoms with E-state index in [9.17, 15) is 4.39 Å². The van der Waals surface area contributed by atoms with E-state index in [1.165, 1.54) is 30.4 Å². The van der Waals surface area contributed by atoms with Crippen molar-refractivity contribution in [3.8, 4) is 0 Å². The number of hydrogen-bond acceptors (Lipinski definition) is 3. The van der Waals surface area contributed by atoms with Gasteiger partial charge in [-0.05, 0) is 49.7 Å². The van der Waals surface area contributed by atoms with Crippen LogP contribution in [0.25, 0.3) is 0 Å². The molecule has 18 heavy (non-hydrogen) atoms. The maximum atomic E-state index is 13.9. The number of halogens is 1. The monoisotopic (exact) mass is 268 g/mol. The van der Waals surface area contributed by atoms with E-state index in [1.54, 1.807) is 6.07 Å². The summed E-state index contributed by atoms with van der Waals surface area (Å²) in [7, 11) is 0. The molecule has 1 aliphatic rings. The molecule has 0 amide bonds. The standard InChI is InChI=1S/C14H21FN2S/c1-10-2-3-13(15)12(8-10)14(17-16)9-11-4-6-18-7-5-11/h2-3,8,11,14,17H,4-7,9,16H2,1H3. The van der Waals surface area contributed by atoms with Gasteiger partial charge < -0.3 is 0 Å². The first kappa shape index (κ1) is 13.8. The van der Waals surface area contributed by atoms with Crippen LogP contribution in [0.3, 0.4) is 0 Å². The van der Waals surface area contributed by atoms with Crippen LogP contribution in [0.1, 0.15) is 36.4 Å². The Balaban J connectivity index is 2.09. The third-order valence-electron chi connectivity index (χ3n) is 3.64. The molecular weight excluding hydrogens is 247 g/mol. The largest absolute Gasteiger partial charge is 0.271 e. The Morgan fingerprint density at radius 2 is 2.17 bits per heavy atom. The lowest BCUT2D eigenvalue weighted by Gasteiger charge is -2.26. The van der Waals surface area contributed by atoms with Crippen LogP contribution in [-0.4, -0.2) is 11.5 Å². The van der Waals surface area contributed by atoms with Gasteiger partial charge in [-0.25, -0.2) is 4.39 Å². The van der Waals surface area contributed by atoms with E-state index >= 15 is 0 Å². The minimum absolute atomic E-state index is 0.0713. The average molecular weight is 268 g/mol. The molecule has 0 saturated carbocycles. The van der Waals surface area contributed by atoms with Crippen LogP contribution in [0.2, 0.25) is 0 Å². The highest BCUT2D eigenvalue weighted by molar-refractivity contribution is 7.99. The quantitative estimate of drug-likeness (QED) is 0.650. The number of rotatable bonds is 4. The average Bonchev–Trinajstić information content (AvgIpc) is 2.40. The lowest BCUT2D eigenvalue weighted by molar-refractivity contribution is 0.366. The molecule has 2 rings (SSSR count). The van der Waals surface area contributed by atoms with E-state index in [0.29, 0.717) is 11.5 Å². The zero-order valence-corrected chi connectivity index (χ0v) is 11.6. The van der Waals surface area contributed by atoms with Gasteiger partial charge in [0.05, 0.1) is 0 Å². The smallest absolute Gasteiger partial charge is 0.128 e. The van der Waals surface area contributed by atoms with Crippen molar-refractivity contribution in [2.45, 2.75) is 32.2 Å². The van der Waals surface area contributed by atoms with Gasteiger partial charge in [-0.15, -0.1) is 0 Å². The van der Waals surface area contributed by atoms with Crippen LogP contribution in [0.15, 0.2) is 18.2 Å². The number of benzene rings is 1. The summed E-state index contributed by atoms with van der Waals surface area (Å²) in [4.78, 5) is 0. The van der Waals surface area contributed by atoms with Gasteiger partial charge in [0.1, 0.15) is 5.82 Å². The molecule has 0 aliphatic carbocycles. The Bertz CT molecular complexity index is 391. The highest BCUT2D eigenvalue weighted by atomic mass is 32.2. The molecule has 0 aromatic heterocycles. The molecule has 3 N–H and O–H groups in total. The van der Waals surface area contributed by atoms with Crippen molar-refractivity contribution < 1.29 is 4.39 Å². The number of hydrazine groups is 1. The molecule has 0 spiro atoms. The van der Waals surface area contributed by atoms with Crippen molar-refractivity contribution in [3.63, 3.8) is 0 Å². The second kappa shape index (κ2) is 6.55.